The molecule has 1 aliphatic heterocycles. The van der Waals surface area contributed by atoms with Gasteiger partial charge in [0.15, 0.2) is 0 Å². The zero-order chi connectivity index (χ0) is 12.1. The molecule has 2 amide bonds. The van der Waals surface area contributed by atoms with E-state index in [0.29, 0.717) is 18.9 Å². The average Bonchev–Trinajstić information content (AvgIpc) is 2.20. The molecule has 1 saturated heterocycles. The van der Waals surface area contributed by atoms with Gasteiger partial charge in [-0.05, 0) is 19.3 Å². The van der Waals surface area contributed by atoms with Crippen molar-refractivity contribution < 1.29 is 9.59 Å². The van der Waals surface area contributed by atoms with Gasteiger partial charge in [-0.1, -0.05) is 19.8 Å². The second-order valence-electron chi connectivity index (χ2n) is 4.37. The molecule has 1 heterocycles. The smallest absolute Gasteiger partial charge is 0.246 e. The van der Waals surface area contributed by atoms with Gasteiger partial charge in [-0.3, -0.25) is 9.59 Å². The topological polar surface area (TPSA) is 49.4 Å². The van der Waals surface area contributed by atoms with Crippen LogP contribution in [0.15, 0.2) is 0 Å². The minimum atomic E-state index is -0.375. The summed E-state index contributed by atoms with van der Waals surface area (Å²) in [5.74, 6) is 5.82. The maximum Gasteiger partial charge on any atom is 0.246 e. The standard InChI is InChI=1S/C12H18N2O2/c1-4-5-6-14-8-11(15)13-10(12(14)16)7-9(2)3/h9-10H,6-8H2,1-3H3,(H,13,15). The van der Waals surface area contributed by atoms with Crippen LogP contribution in [-0.4, -0.2) is 35.8 Å². The van der Waals surface area contributed by atoms with E-state index in [-0.39, 0.29) is 24.4 Å². The van der Waals surface area contributed by atoms with Crippen molar-refractivity contribution in [2.75, 3.05) is 13.1 Å². The number of carbonyl (C=O) groups excluding carboxylic acids is 2. The summed E-state index contributed by atoms with van der Waals surface area (Å²) in [6, 6.07) is -0.375. The number of rotatable bonds is 3. The molecule has 1 aliphatic rings. The fraction of sp³-hybridized carbons (Fsp3) is 0.667. The fourth-order valence-electron chi connectivity index (χ4n) is 1.71. The van der Waals surface area contributed by atoms with Gasteiger partial charge in [0.2, 0.25) is 11.8 Å². The Bertz CT molecular complexity index is 339. The molecule has 0 aromatic heterocycles. The summed E-state index contributed by atoms with van der Waals surface area (Å²) in [5.41, 5.74) is 0. The molecule has 1 rings (SSSR count). The highest BCUT2D eigenvalue weighted by molar-refractivity contribution is 5.94. The number of carbonyl (C=O) groups is 2. The first-order valence-corrected chi connectivity index (χ1v) is 5.52. The second-order valence-corrected chi connectivity index (χ2v) is 4.37. The summed E-state index contributed by atoms with van der Waals surface area (Å²) in [4.78, 5) is 24.9. The predicted molar refractivity (Wildman–Crippen MR) is 61.4 cm³/mol. The highest BCUT2D eigenvalue weighted by Crippen LogP contribution is 2.11. The zero-order valence-corrected chi connectivity index (χ0v) is 10.0. The molecule has 0 radical (unpaired) electrons. The lowest BCUT2D eigenvalue weighted by Gasteiger charge is -2.32. The average molecular weight is 222 g/mol. The Kier molecular flexibility index (Phi) is 4.36. The van der Waals surface area contributed by atoms with Gasteiger partial charge in [-0.15, -0.1) is 5.92 Å². The van der Waals surface area contributed by atoms with Gasteiger partial charge in [-0.2, -0.15) is 0 Å². The number of amides is 2. The van der Waals surface area contributed by atoms with Crippen molar-refractivity contribution in [3.63, 3.8) is 0 Å². The molecule has 0 aromatic carbocycles. The maximum absolute atomic E-state index is 12.0. The molecule has 1 atom stereocenters. The number of nitrogens with zero attached hydrogens (tertiary/aromatic N) is 1. The van der Waals surface area contributed by atoms with E-state index in [1.54, 1.807) is 6.92 Å². The van der Waals surface area contributed by atoms with E-state index >= 15 is 0 Å². The molecule has 0 spiro atoms. The van der Waals surface area contributed by atoms with Crippen molar-refractivity contribution in [1.82, 2.24) is 10.2 Å². The summed E-state index contributed by atoms with van der Waals surface area (Å²) < 4.78 is 0. The lowest BCUT2D eigenvalue weighted by Crippen LogP contribution is -2.58. The van der Waals surface area contributed by atoms with Crippen molar-refractivity contribution >= 4 is 11.8 Å². The van der Waals surface area contributed by atoms with E-state index in [2.05, 4.69) is 17.2 Å². The minimum absolute atomic E-state index is 0.0175. The first-order chi connectivity index (χ1) is 7.54. The monoisotopic (exact) mass is 222 g/mol. The summed E-state index contributed by atoms with van der Waals surface area (Å²) in [5, 5.41) is 2.73. The molecular weight excluding hydrogens is 204 g/mol. The van der Waals surface area contributed by atoms with Gasteiger partial charge in [-0.25, -0.2) is 0 Å². The number of piperazine rings is 1. The summed E-state index contributed by atoms with van der Waals surface area (Å²) in [6.45, 7) is 6.26. The third-order valence-electron chi connectivity index (χ3n) is 2.43. The summed E-state index contributed by atoms with van der Waals surface area (Å²) >= 11 is 0. The van der Waals surface area contributed by atoms with Crippen LogP contribution in [-0.2, 0) is 9.59 Å². The SMILES string of the molecule is CC#CCN1CC(=O)NC(CC(C)C)C1=O. The largest absolute Gasteiger partial charge is 0.343 e. The number of nitrogens with one attached hydrogen (secondary N) is 1. The quantitative estimate of drug-likeness (QED) is 0.702. The number of hydrogen-bond acceptors (Lipinski definition) is 2. The molecule has 0 aliphatic carbocycles. The van der Waals surface area contributed by atoms with Crippen LogP contribution in [0.5, 0.6) is 0 Å². The predicted octanol–water partition coefficient (Wildman–Crippen LogP) is 0.383. The Labute approximate surface area is 96.4 Å². The van der Waals surface area contributed by atoms with Crippen molar-refractivity contribution in [3.05, 3.63) is 0 Å². The van der Waals surface area contributed by atoms with Crippen molar-refractivity contribution in [2.45, 2.75) is 33.2 Å². The highest BCUT2D eigenvalue weighted by atomic mass is 16.2. The van der Waals surface area contributed by atoms with E-state index in [9.17, 15) is 9.59 Å². The Hall–Kier alpha value is -1.50. The molecule has 4 nitrogen and oxygen atoms in total. The van der Waals surface area contributed by atoms with Gasteiger partial charge in [0.05, 0.1) is 6.54 Å². The molecule has 16 heavy (non-hydrogen) atoms. The van der Waals surface area contributed by atoms with E-state index in [0.717, 1.165) is 0 Å². The van der Waals surface area contributed by atoms with E-state index in [4.69, 9.17) is 0 Å². The van der Waals surface area contributed by atoms with E-state index in [1.807, 2.05) is 13.8 Å². The molecule has 4 heteroatoms. The number of hydrogen-bond donors (Lipinski definition) is 1. The Morgan fingerprint density at radius 1 is 1.50 bits per heavy atom. The molecule has 1 unspecified atom stereocenters. The summed E-state index contributed by atoms with van der Waals surface area (Å²) in [6.07, 6.45) is 0.681. The molecule has 0 bridgehead atoms. The Morgan fingerprint density at radius 2 is 2.19 bits per heavy atom. The van der Waals surface area contributed by atoms with Crippen LogP contribution >= 0.6 is 0 Å². The summed E-state index contributed by atoms with van der Waals surface area (Å²) in [7, 11) is 0. The van der Waals surface area contributed by atoms with Crippen LogP contribution in [0.2, 0.25) is 0 Å². The lowest BCUT2D eigenvalue weighted by molar-refractivity contribution is -0.144. The molecule has 1 fully saturated rings. The van der Waals surface area contributed by atoms with E-state index < -0.39 is 0 Å². The van der Waals surface area contributed by atoms with Gasteiger partial charge in [0.1, 0.15) is 12.6 Å². The van der Waals surface area contributed by atoms with Crippen molar-refractivity contribution in [3.8, 4) is 11.8 Å². The lowest BCUT2D eigenvalue weighted by atomic mass is 10.0. The molecule has 0 saturated carbocycles. The molecule has 88 valence electrons. The molecule has 1 N–H and O–H groups in total. The van der Waals surface area contributed by atoms with Crippen molar-refractivity contribution in [1.29, 1.82) is 0 Å². The maximum atomic E-state index is 12.0. The van der Waals surface area contributed by atoms with Gasteiger partial charge in [0, 0.05) is 0 Å². The fourth-order valence-corrected chi connectivity index (χ4v) is 1.71. The van der Waals surface area contributed by atoms with Gasteiger partial charge >= 0.3 is 0 Å². The first-order valence-electron chi connectivity index (χ1n) is 5.52. The third kappa shape index (κ3) is 3.27. The highest BCUT2D eigenvalue weighted by Gasteiger charge is 2.32. The normalized spacial score (nSPS) is 20.5. The molecule has 0 aromatic rings. The van der Waals surface area contributed by atoms with Crippen LogP contribution < -0.4 is 5.32 Å². The second kappa shape index (κ2) is 5.55. The van der Waals surface area contributed by atoms with Crippen LogP contribution in [0, 0.1) is 17.8 Å². The third-order valence-corrected chi connectivity index (χ3v) is 2.43. The van der Waals surface area contributed by atoms with Crippen LogP contribution in [0.3, 0.4) is 0 Å². The first kappa shape index (κ1) is 12.6. The van der Waals surface area contributed by atoms with Crippen molar-refractivity contribution in [2.24, 2.45) is 5.92 Å². The molecular formula is C12H18N2O2. The minimum Gasteiger partial charge on any atom is -0.343 e. The van der Waals surface area contributed by atoms with E-state index in [1.165, 1.54) is 4.90 Å². The Balaban J connectivity index is 2.68. The van der Waals surface area contributed by atoms with Crippen LogP contribution in [0.25, 0.3) is 0 Å². The Morgan fingerprint density at radius 3 is 2.75 bits per heavy atom. The zero-order valence-electron chi connectivity index (χ0n) is 10.0. The van der Waals surface area contributed by atoms with Crippen LogP contribution in [0.1, 0.15) is 27.2 Å². The van der Waals surface area contributed by atoms with Gasteiger partial charge in [0.25, 0.3) is 0 Å². The van der Waals surface area contributed by atoms with Crippen LogP contribution in [0.4, 0.5) is 0 Å². The van der Waals surface area contributed by atoms with Gasteiger partial charge < -0.3 is 10.2 Å².